The summed E-state index contributed by atoms with van der Waals surface area (Å²) in [6.07, 6.45) is 3.42. The van der Waals surface area contributed by atoms with Gasteiger partial charge in [0.2, 0.25) is 0 Å². The minimum Gasteiger partial charge on any atom is -0.223 e. The zero-order valence-corrected chi connectivity index (χ0v) is 8.84. The molecule has 0 aromatic carbocycles. The number of aliphatic imine (C=N–C) groups is 1. The Kier molecular flexibility index (Phi) is 3.63. The normalized spacial score (nSPS) is 18.7. The SMILES string of the molecule is CCC1=C(Cl)N=C(Cl)C(Cl)=CC1. The van der Waals surface area contributed by atoms with Crippen molar-refractivity contribution in [3.05, 3.63) is 21.8 Å². The van der Waals surface area contributed by atoms with Crippen LogP contribution in [-0.4, -0.2) is 5.17 Å². The lowest BCUT2D eigenvalue weighted by atomic mass is 10.1. The van der Waals surface area contributed by atoms with E-state index in [-0.39, 0.29) is 5.17 Å². The van der Waals surface area contributed by atoms with Crippen LogP contribution in [-0.2, 0) is 0 Å². The van der Waals surface area contributed by atoms with Crippen molar-refractivity contribution in [2.75, 3.05) is 0 Å². The molecular formula is C8H8Cl3N. The van der Waals surface area contributed by atoms with Gasteiger partial charge in [-0.15, -0.1) is 0 Å². The van der Waals surface area contributed by atoms with E-state index in [1.165, 1.54) is 0 Å². The van der Waals surface area contributed by atoms with Gasteiger partial charge >= 0.3 is 0 Å². The van der Waals surface area contributed by atoms with Crippen molar-refractivity contribution < 1.29 is 0 Å². The maximum Gasteiger partial charge on any atom is 0.149 e. The molecule has 0 atom stereocenters. The third-order valence-electron chi connectivity index (χ3n) is 1.64. The van der Waals surface area contributed by atoms with E-state index in [9.17, 15) is 0 Å². The van der Waals surface area contributed by atoms with Gasteiger partial charge < -0.3 is 0 Å². The Labute approximate surface area is 86.7 Å². The molecule has 0 amide bonds. The number of hydrogen-bond donors (Lipinski definition) is 0. The summed E-state index contributed by atoms with van der Waals surface area (Å²) < 4.78 is 0. The van der Waals surface area contributed by atoms with E-state index < -0.39 is 0 Å². The van der Waals surface area contributed by atoms with Gasteiger partial charge in [0.1, 0.15) is 10.3 Å². The number of halogens is 3. The Bertz CT molecular complexity index is 276. The van der Waals surface area contributed by atoms with Gasteiger partial charge in [-0.05, 0) is 18.4 Å². The van der Waals surface area contributed by atoms with Gasteiger partial charge in [-0.3, -0.25) is 0 Å². The molecule has 0 spiro atoms. The lowest BCUT2D eigenvalue weighted by Gasteiger charge is -1.98. The molecule has 12 heavy (non-hydrogen) atoms. The van der Waals surface area contributed by atoms with Crippen molar-refractivity contribution in [2.24, 2.45) is 4.99 Å². The van der Waals surface area contributed by atoms with Crippen molar-refractivity contribution in [1.82, 2.24) is 0 Å². The molecule has 0 saturated heterocycles. The Morgan fingerprint density at radius 1 is 1.42 bits per heavy atom. The van der Waals surface area contributed by atoms with Crippen molar-refractivity contribution in [3.63, 3.8) is 0 Å². The summed E-state index contributed by atoms with van der Waals surface area (Å²) in [5, 5.41) is 1.21. The van der Waals surface area contributed by atoms with Gasteiger partial charge in [0.05, 0.1) is 5.03 Å². The summed E-state index contributed by atoms with van der Waals surface area (Å²) in [7, 11) is 0. The quantitative estimate of drug-likeness (QED) is 0.597. The average Bonchev–Trinajstić information content (AvgIpc) is 2.14. The van der Waals surface area contributed by atoms with Crippen molar-refractivity contribution >= 4 is 40.0 Å². The first-order chi connectivity index (χ1) is 5.65. The van der Waals surface area contributed by atoms with Crippen LogP contribution >= 0.6 is 34.8 Å². The second-order valence-electron chi connectivity index (χ2n) is 2.41. The minimum absolute atomic E-state index is 0.269. The van der Waals surface area contributed by atoms with Crippen LogP contribution < -0.4 is 0 Å². The molecule has 1 nitrogen and oxygen atoms in total. The van der Waals surface area contributed by atoms with E-state index in [2.05, 4.69) is 4.99 Å². The predicted octanol–water partition coefficient (Wildman–Crippen LogP) is 4.01. The van der Waals surface area contributed by atoms with Crippen LogP contribution in [0.25, 0.3) is 0 Å². The molecule has 0 fully saturated rings. The molecule has 4 heteroatoms. The molecule has 0 radical (unpaired) electrons. The number of allylic oxidation sites excluding steroid dienone is 3. The molecule has 1 aliphatic heterocycles. The molecule has 0 bridgehead atoms. The molecule has 0 aliphatic carbocycles. The number of rotatable bonds is 1. The third-order valence-corrected chi connectivity index (χ3v) is 2.71. The van der Waals surface area contributed by atoms with Crippen LogP contribution in [0.5, 0.6) is 0 Å². The molecule has 0 aromatic heterocycles. The summed E-state index contributed by atoms with van der Waals surface area (Å²) in [5.74, 6) is 0. The zero-order valence-electron chi connectivity index (χ0n) is 6.57. The molecule has 0 unspecified atom stereocenters. The summed E-state index contributed by atoms with van der Waals surface area (Å²) in [4.78, 5) is 3.94. The van der Waals surface area contributed by atoms with Crippen LogP contribution in [0.15, 0.2) is 26.8 Å². The minimum atomic E-state index is 0.269. The highest BCUT2D eigenvalue weighted by molar-refractivity contribution is 6.76. The van der Waals surface area contributed by atoms with E-state index in [1.54, 1.807) is 0 Å². The molecule has 1 aliphatic rings. The fraction of sp³-hybridized carbons (Fsp3) is 0.375. The van der Waals surface area contributed by atoms with Gasteiger partial charge in [-0.2, -0.15) is 0 Å². The van der Waals surface area contributed by atoms with Crippen molar-refractivity contribution in [1.29, 1.82) is 0 Å². The first-order valence-electron chi connectivity index (χ1n) is 3.63. The van der Waals surface area contributed by atoms with Gasteiger partial charge in [-0.25, -0.2) is 4.99 Å². The average molecular weight is 225 g/mol. The van der Waals surface area contributed by atoms with Gasteiger partial charge in [0, 0.05) is 0 Å². The molecule has 1 heterocycles. The molecule has 66 valence electrons. The molecule has 0 aromatic rings. The molecular weight excluding hydrogens is 216 g/mol. The fourth-order valence-electron chi connectivity index (χ4n) is 0.890. The molecule has 0 saturated carbocycles. The third kappa shape index (κ3) is 2.25. The summed E-state index contributed by atoms with van der Waals surface area (Å²) >= 11 is 17.4. The first-order valence-corrected chi connectivity index (χ1v) is 4.76. The van der Waals surface area contributed by atoms with E-state index >= 15 is 0 Å². The van der Waals surface area contributed by atoms with Crippen LogP contribution in [0.4, 0.5) is 0 Å². The van der Waals surface area contributed by atoms with Crippen LogP contribution in [0, 0.1) is 0 Å². The molecule has 0 N–H and O–H groups in total. The Balaban J connectivity index is 3.01. The lowest BCUT2D eigenvalue weighted by Crippen LogP contribution is -1.84. The Morgan fingerprint density at radius 3 is 2.67 bits per heavy atom. The van der Waals surface area contributed by atoms with Gasteiger partial charge in [-0.1, -0.05) is 47.8 Å². The highest BCUT2D eigenvalue weighted by Crippen LogP contribution is 2.25. The van der Waals surface area contributed by atoms with E-state index in [1.807, 2.05) is 13.0 Å². The lowest BCUT2D eigenvalue weighted by molar-refractivity contribution is 1.02. The van der Waals surface area contributed by atoms with E-state index in [0.717, 1.165) is 18.4 Å². The Morgan fingerprint density at radius 2 is 2.08 bits per heavy atom. The Hall–Kier alpha value is 0.0200. The van der Waals surface area contributed by atoms with Gasteiger partial charge in [0.15, 0.2) is 0 Å². The fourth-order valence-corrected chi connectivity index (χ4v) is 1.51. The van der Waals surface area contributed by atoms with Crippen molar-refractivity contribution in [2.45, 2.75) is 19.8 Å². The van der Waals surface area contributed by atoms with Crippen molar-refractivity contribution in [3.8, 4) is 0 Å². The first kappa shape index (κ1) is 10.1. The monoisotopic (exact) mass is 223 g/mol. The van der Waals surface area contributed by atoms with E-state index in [0.29, 0.717) is 10.2 Å². The molecule has 1 rings (SSSR count). The summed E-state index contributed by atoms with van der Waals surface area (Å²) in [6, 6.07) is 0. The summed E-state index contributed by atoms with van der Waals surface area (Å²) in [5.41, 5.74) is 1.06. The number of nitrogens with zero attached hydrogens (tertiary/aromatic N) is 1. The van der Waals surface area contributed by atoms with Crippen LogP contribution in [0.3, 0.4) is 0 Å². The largest absolute Gasteiger partial charge is 0.223 e. The highest BCUT2D eigenvalue weighted by atomic mass is 35.5. The standard InChI is InChI=1S/C8H8Cl3N/c1-2-5-3-4-6(9)8(11)12-7(5)10/h4H,2-3H2,1H3. The van der Waals surface area contributed by atoms with Crippen LogP contribution in [0.2, 0.25) is 0 Å². The maximum absolute atomic E-state index is 5.86. The summed E-state index contributed by atoms with van der Waals surface area (Å²) in [6.45, 7) is 2.02. The zero-order chi connectivity index (χ0) is 9.14. The van der Waals surface area contributed by atoms with E-state index in [4.69, 9.17) is 34.8 Å². The van der Waals surface area contributed by atoms with Crippen LogP contribution in [0.1, 0.15) is 19.8 Å². The highest BCUT2D eigenvalue weighted by Gasteiger charge is 2.09. The smallest absolute Gasteiger partial charge is 0.149 e. The second kappa shape index (κ2) is 4.31. The predicted molar refractivity (Wildman–Crippen MR) is 55.0 cm³/mol. The topological polar surface area (TPSA) is 12.4 Å². The number of hydrogen-bond acceptors (Lipinski definition) is 1. The van der Waals surface area contributed by atoms with Gasteiger partial charge in [0.25, 0.3) is 0 Å². The maximum atomic E-state index is 5.86. The second-order valence-corrected chi connectivity index (χ2v) is 3.53.